The van der Waals surface area contributed by atoms with E-state index in [1.165, 1.54) is 19.3 Å². The summed E-state index contributed by atoms with van der Waals surface area (Å²) in [5, 5.41) is 3.10. The van der Waals surface area contributed by atoms with Crippen molar-refractivity contribution < 1.29 is 4.74 Å². The Balaban J connectivity index is 2.47. The minimum atomic E-state index is 0.477. The van der Waals surface area contributed by atoms with E-state index in [9.17, 15) is 0 Å². The Hall–Kier alpha value is -1.71. The normalized spacial score (nSPS) is 13.1. The fourth-order valence-corrected chi connectivity index (χ4v) is 2.01. The zero-order valence-corrected chi connectivity index (χ0v) is 12.9. The molecule has 0 aliphatic carbocycles. The second-order valence-corrected chi connectivity index (χ2v) is 5.00. The SMILES string of the molecule is CCCCC(CC)CN=C(N)Nc1ccc(OC)cc1. The van der Waals surface area contributed by atoms with Gasteiger partial charge in [0.1, 0.15) is 5.75 Å². The van der Waals surface area contributed by atoms with E-state index in [-0.39, 0.29) is 0 Å². The Bertz CT molecular complexity index is 401. The van der Waals surface area contributed by atoms with Crippen LogP contribution < -0.4 is 15.8 Å². The first-order chi connectivity index (χ1) is 9.69. The van der Waals surface area contributed by atoms with Crippen LogP contribution in [0.25, 0.3) is 0 Å². The molecule has 0 aliphatic rings. The van der Waals surface area contributed by atoms with Gasteiger partial charge in [0, 0.05) is 12.2 Å². The molecule has 1 unspecified atom stereocenters. The van der Waals surface area contributed by atoms with Gasteiger partial charge in [0.25, 0.3) is 0 Å². The summed E-state index contributed by atoms with van der Waals surface area (Å²) in [6.07, 6.45) is 4.88. The molecule has 0 radical (unpaired) electrons. The lowest BCUT2D eigenvalue weighted by Gasteiger charge is -2.12. The van der Waals surface area contributed by atoms with Crippen LogP contribution in [0, 0.1) is 5.92 Å². The highest BCUT2D eigenvalue weighted by Gasteiger charge is 2.05. The number of guanidine groups is 1. The van der Waals surface area contributed by atoms with Crippen molar-refractivity contribution in [2.24, 2.45) is 16.6 Å². The van der Waals surface area contributed by atoms with Crippen LogP contribution in [0.15, 0.2) is 29.3 Å². The predicted molar refractivity (Wildman–Crippen MR) is 86.4 cm³/mol. The molecule has 1 aromatic carbocycles. The number of rotatable bonds is 8. The molecular formula is C16H27N3O. The van der Waals surface area contributed by atoms with E-state index in [2.05, 4.69) is 24.2 Å². The second-order valence-electron chi connectivity index (χ2n) is 5.00. The summed E-state index contributed by atoms with van der Waals surface area (Å²) >= 11 is 0. The number of ether oxygens (including phenoxy) is 1. The number of unbranched alkanes of at least 4 members (excludes halogenated alkanes) is 1. The number of hydrogen-bond acceptors (Lipinski definition) is 2. The van der Waals surface area contributed by atoms with Crippen molar-refractivity contribution in [1.29, 1.82) is 0 Å². The predicted octanol–water partition coefficient (Wildman–Crippen LogP) is 3.64. The van der Waals surface area contributed by atoms with Gasteiger partial charge in [-0.2, -0.15) is 0 Å². The average Bonchev–Trinajstić information content (AvgIpc) is 2.48. The van der Waals surface area contributed by atoms with E-state index in [4.69, 9.17) is 10.5 Å². The molecule has 112 valence electrons. The van der Waals surface area contributed by atoms with E-state index in [1.54, 1.807) is 7.11 Å². The van der Waals surface area contributed by atoms with Gasteiger partial charge in [0.2, 0.25) is 0 Å². The molecule has 1 rings (SSSR count). The molecule has 3 N–H and O–H groups in total. The fourth-order valence-electron chi connectivity index (χ4n) is 2.01. The molecular weight excluding hydrogens is 250 g/mol. The summed E-state index contributed by atoms with van der Waals surface area (Å²) in [6.45, 7) is 5.23. The lowest BCUT2D eigenvalue weighted by Crippen LogP contribution is -2.23. The van der Waals surface area contributed by atoms with Crippen molar-refractivity contribution in [3.05, 3.63) is 24.3 Å². The molecule has 0 heterocycles. The monoisotopic (exact) mass is 277 g/mol. The topological polar surface area (TPSA) is 59.6 Å². The average molecular weight is 277 g/mol. The van der Waals surface area contributed by atoms with Crippen molar-refractivity contribution in [1.82, 2.24) is 0 Å². The molecule has 0 spiro atoms. The number of methoxy groups -OCH3 is 1. The van der Waals surface area contributed by atoms with Crippen LogP contribution in [0.2, 0.25) is 0 Å². The molecule has 0 bridgehead atoms. The first-order valence-electron chi connectivity index (χ1n) is 7.40. The Kier molecular flexibility index (Phi) is 7.55. The maximum absolute atomic E-state index is 5.92. The number of nitrogens with two attached hydrogens (primary N) is 1. The molecule has 0 aliphatic heterocycles. The molecule has 0 aromatic heterocycles. The Morgan fingerprint density at radius 2 is 2.00 bits per heavy atom. The Morgan fingerprint density at radius 1 is 1.30 bits per heavy atom. The van der Waals surface area contributed by atoms with Crippen molar-refractivity contribution in [2.75, 3.05) is 19.0 Å². The molecule has 4 nitrogen and oxygen atoms in total. The van der Waals surface area contributed by atoms with E-state index in [1.807, 2.05) is 24.3 Å². The molecule has 1 aromatic rings. The highest BCUT2D eigenvalue weighted by Crippen LogP contribution is 2.15. The zero-order chi connectivity index (χ0) is 14.8. The molecule has 0 amide bonds. The minimum Gasteiger partial charge on any atom is -0.497 e. The van der Waals surface area contributed by atoms with Crippen molar-refractivity contribution in [3.63, 3.8) is 0 Å². The molecule has 20 heavy (non-hydrogen) atoms. The standard InChI is InChI=1S/C16H27N3O/c1-4-6-7-13(5-2)12-18-16(17)19-14-8-10-15(20-3)11-9-14/h8-11,13H,4-7,12H2,1-3H3,(H3,17,18,19). The van der Waals surface area contributed by atoms with Gasteiger partial charge in [-0.05, 0) is 36.6 Å². The van der Waals surface area contributed by atoms with Gasteiger partial charge >= 0.3 is 0 Å². The van der Waals surface area contributed by atoms with Crippen LogP contribution in [-0.2, 0) is 0 Å². The van der Waals surface area contributed by atoms with E-state index in [0.717, 1.165) is 24.4 Å². The lowest BCUT2D eigenvalue weighted by molar-refractivity contribution is 0.415. The summed E-state index contributed by atoms with van der Waals surface area (Å²) < 4.78 is 5.12. The third-order valence-corrected chi connectivity index (χ3v) is 3.43. The second kappa shape index (κ2) is 9.23. The van der Waals surface area contributed by atoms with Crippen LogP contribution in [-0.4, -0.2) is 19.6 Å². The number of hydrogen-bond donors (Lipinski definition) is 2. The summed E-state index contributed by atoms with van der Waals surface area (Å²) in [7, 11) is 1.65. The number of nitrogens with one attached hydrogen (secondary N) is 1. The third-order valence-electron chi connectivity index (χ3n) is 3.43. The van der Waals surface area contributed by atoms with Crippen molar-refractivity contribution in [3.8, 4) is 5.75 Å². The molecule has 0 fully saturated rings. The van der Waals surface area contributed by atoms with Crippen molar-refractivity contribution >= 4 is 11.6 Å². The molecule has 0 saturated heterocycles. The number of aliphatic imine (C=N–C) groups is 1. The first kappa shape index (κ1) is 16.3. The third kappa shape index (κ3) is 5.95. The molecule has 4 heteroatoms. The number of anilines is 1. The summed E-state index contributed by atoms with van der Waals surface area (Å²) in [4.78, 5) is 4.44. The van der Waals surface area contributed by atoms with E-state index in [0.29, 0.717) is 11.9 Å². The largest absolute Gasteiger partial charge is 0.497 e. The molecule has 0 saturated carbocycles. The number of nitrogens with zero attached hydrogens (tertiary/aromatic N) is 1. The Labute approximate surface area is 122 Å². The minimum absolute atomic E-state index is 0.477. The van der Waals surface area contributed by atoms with E-state index >= 15 is 0 Å². The highest BCUT2D eigenvalue weighted by atomic mass is 16.5. The highest BCUT2D eigenvalue weighted by molar-refractivity contribution is 5.92. The van der Waals surface area contributed by atoms with Crippen molar-refractivity contribution in [2.45, 2.75) is 39.5 Å². The van der Waals surface area contributed by atoms with Gasteiger partial charge < -0.3 is 15.8 Å². The van der Waals surface area contributed by atoms with Gasteiger partial charge in [-0.25, -0.2) is 0 Å². The van der Waals surface area contributed by atoms with Gasteiger partial charge in [-0.3, -0.25) is 4.99 Å². The first-order valence-corrected chi connectivity index (χ1v) is 7.40. The maximum Gasteiger partial charge on any atom is 0.193 e. The van der Waals surface area contributed by atoms with Crippen LogP contribution in [0.1, 0.15) is 39.5 Å². The van der Waals surface area contributed by atoms with Gasteiger partial charge in [0.15, 0.2) is 5.96 Å². The fraction of sp³-hybridized carbons (Fsp3) is 0.562. The van der Waals surface area contributed by atoms with Gasteiger partial charge in [0.05, 0.1) is 7.11 Å². The Morgan fingerprint density at radius 3 is 2.55 bits per heavy atom. The maximum atomic E-state index is 5.92. The lowest BCUT2D eigenvalue weighted by atomic mass is 10.00. The van der Waals surface area contributed by atoms with Crippen LogP contribution in [0.3, 0.4) is 0 Å². The van der Waals surface area contributed by atoms with Crippen LogP contribution in [0.4, 0.5) is 5.69 Å². The van der Waals surface area contributed by atoms with Crippen LogP contribution >= 0.6 is 0 Å². The summed E-state index contributed by atoms with van der Waals surface area (Å²) in [6, 6.07) is 7.64. The summed E-state index contributed by atoms with van der Waals surface area (Å²) in [5.41, 5.74) is 6.84. The van der Waals surface area contributed by atoms with Gasteiger partial charge in [-0.15, -0.1) is 0 Å². The quantitative estimate of drug-likeness (QED) is 0.563. The molecule has 1 atom stereocenters. The zero-order valence-electron chi connectivity index (χ0n) is 12.9. The smallest absolute Gasteiger partial charge is 0.193 e. The summed E-state index contributed by atoms with van der Waals surface area (Å²) in [5.74, 6) is 1.94. The van der Waals surface area contributed by atoms with E-state index < -0.39 is 0 Å². The number of benzene rings is 1. The van der Waals surface area contributed by atoms with Crippen LogP contribution in [0.5, 0.6) is 5.75 Å². The van der Waals surface area contributed by atoms with Gasteiger partial charge in [-0.1, -0.05) is 33.1 Å².